The topological polar surface area (TPSA) is 88.2 Å². The first-order valence-corrected chi connectivity index (χ1v) is 9.61. The summed E-state index contributed by atoms with van der Waals surface area (Å²) in [6, 6.07) is 7.92. The maximum absolute atomic E-state index is 4.52. The zero-order valence-corrected chi connectivity index (χ0v) is 16.4. The molecule has 0 N–H and O–H groups in total. The Kier molecular flexibility index (Phi) is 4.27. The Hall–Kier alpha value is -3.62. The van der Waals surface area contributed by atoms with Crippen molar-refractivity contribution in [2.45, 2.75) is 13.8 Å². The third-order valence-corrected chi connectivity index (χ3v) is 5.39. The molecular weight excluding hydrogens is 366 g/mol. The molecule has 0 spiro atoms. The van der Waals surface area contributed by atoms with Gasteiger partial charge in [0.25, 0.3) is 5.78 Å². The van der Waals surface area contributed by atoms with Gasteiger partial charge in [-0.15, -0.1) is 10.2 Å². The van der Waals surface area contributed by atoms with Gasteiger partial charge in [0.2, 0.25) is 0 Å². The lowest BCUT2D eigenvalue weighted by Crippen LogP contribution is -2.47. The highest BCUT2D eigenvalue weighted by Crippen LogP contribution is 2.25. The minimum absolute atomic E-state index is 0.641. The monoisotopic (exact) mass is 387 g/mol. The third kappa shape index (κ3) is 3.14. The van der Waals surface area contributed by atoms with E-state index in [4.69, 9.17) is 0 Å². The van der Waals surface area contributed by atoms with E-state index in [1.807, 2.05) is 35.7 Å². The van der Waals surface area contributed by atoms with Gasteiger partial charge >= 0.3 is 0 Å². The summed E-state index contributed by atoms with van der Waals surface area (Å²) in [4.78, 5) is 17.5. The maximum atomic E-state index is 4.52. The summed E-state index contributed by atoms with van der Waals surface area (Å²) in [5.41, 5.74) is 3.92. The van der Waals surface area contributed by atoms with Crippen LogP contribution in [0.5, 0.6) is 0 Å². The van der Waals surface area contributed by atoms with E-state index in [0.717, 1.165) is 60.3 Å². The molecule has 29 heavy (non-hydrogen) atoms. The van der Waals surface area contributed by atoms with Crippen LogP contribution in [0.15, 0.2) is 43.0 Å². The Morgan fingerprint density at radius 3 is 2.48 bits per heavy atom. The van der Waals surface area contributed by atoms with E-state index < -0.39 is 0 Å². The number of hydrogen-bond donors (Lipinski definition) is 0. The van der Waals surface area contributed by atoms with Crippen molar-refractivity contribution in [2.24, 2.45) is 0 Å². The smallest absolute Gasteiger partial charge is 0.254 e. The Bertz CT molecular complexity index is 1130. The van der Waals surface area contributed by atoms with Gasteiger partial charge in [-0.05, 0) is 38.1 Å². The minimum Gasteiger partial charge on any atom is -0.353 e. The second kappa shape index (κ2) is 7.08. The lowest BCUT2D eigenvalue weighted by Gasteiger charge is -2.37. The quantitative estimate of drug-likeness (QED) is 0.527. The van der Waals surface area contributed by atoms with Gasteiger partial charge in [0.1, 0.15) is 12.1 Å². The van der Waals surface area contributed by atoms with Crippen LogP contribution in [0, 0.1) is 13.8 Å². The summed E-state index contributed by atoms with van der Waals surface area (Å²) in [6.07, 6.45) is 5.11. The predicted molar refractivity (Wildman–Crippen MR) is 110 cm³/mol. The summed E-state index contributed by atoms with van der Waals surface area (Å²) in [5, 5.41) is 13.2. The summed E-state index contributed by atoms with van der Waals surface area (Å²) in [7, 11) is 0. The van der Waals surface area contributed by atoms with Crippen molar-refractivity contribution in [1.82, 2.24) is 34.8 Å². The predicted octanol–water partition coefficient (Wildman–Crippen LogP) is 1.92. The number of piperazine rings is 1. The number of aryl methyl sites for hydroxylation is 1. The number of anilines is 2. The van der Waals surface area contributed by atoms with Gasteiger partial charge in [-0.1, -0.05) is 0 Å². The van der Waals surface area contributed by atoms with Crippen molar-refractivity contribution in [3.63, 3.8) is 0 Å². The molecule has 0 aromatic carbocycles. The van der Waals surface area contributed by atoms with E-state index in [2.05, 4.69) is 47.0 Å². The van der Waals surface area contributed by atoms with Crippen LogP contribution in [0.4, 0.5) is 11.6 Å². The van der Waals surface area contributed by atoms with E-state index >= 15 is 0 Å². The SMILES string of the molecule is Cc1nc2ncnn2c(N2CCN(c3ccc(-c4cccnc4)nn3)CC2)c1C. The normalized spacial score (nSPS) is 14.6. The van der Waals surface area contributed by atoms with Crippen molar-refractivity contribution in [3.05, 3.63) is 54.2 Å². The Morgan fingerprint density at radius 1 is 0.931 bits per heavy atom. The first-order valence-electron chi connectivity index (χ1n) is 9.61. The molecule has 1 aliphatic rings. The molecule has 1 fully saturated rings. The van der Waals surface area contributed by atoms with Crippen LogP contribution in [-0.4, -0.2) is 60.9 Å². The highest BCUT2D eigenvalue weighted by Gasteiger charge is 2.23. The van der Waals surface area contributed by atoms with Crippen molar-refractivity contribution >= 4 is 17.4 Å². The van der Waals surface area contributed by atoms with E-state index in [1.54, 1.807) is 18.7 Å². The second-order valence-electron chi connectivity index (χ2n) is 7.11. The standard InChI is InChI=1S/C20H21N9/c1-14-15(2)24-20-22-13-23-29(20)19(14)28-10-8-27(9-11-28)18-6-5-17(25-26-18)16-4-3-7-21-12-16/h3-7,12-13H,8-11H2,1-2H3. The van der Waals surface area contributed by atoms with Gasteiger partial charge in [0, 0.05) is 55.4 Å². The van der Waals surface area contributed by atoms with E-state index in [1.165, 1.54) is 0 Å². The summed E-state index contributed by atoms with van der Waals surface area (Å²) < 4.78 is 1.83. The Balaban J connectivity index is 1.34. The van der Waals surface area contributed by atoms with Gasteiger partial charge < -0.3 is 9.80 Å². The van der Waals surface area contributed by atoms with Gasteiger partial charge in [0.05, 0.1) is 5.69 Å². The third-order valence-electron chi connectivity index (χ3n) is 5.39. The number of rotatable bonds is 3. The van der Waals surface area contributed by atoms with E-state index in [9.17, 15) is 0 Å². The van der Waals surface area contributed by atoms with E-state index in [0.29, 0.717) is 5.78 Å². The molecule has 9 nitrogen and oxygen atoms in total. The fourth-order valence-corrected chi connectivity index (χ4v) is 3.70. The van der Waals surface area contributed by atoms with Crippen molar-refractivity contribution < 1.29 is 0 Å². The van der Waals surface area contributed by atoms with Gasteiger partial charge in [0.15, 0.2) is 5.82 Å². The number of aromatic nitrogens is 7. The molecule has 0 aliphatic carbocycles. The average Bonchev–Trinajstić information content (AvgIpc) is 3.23. The number of pyridine rings is 1. The van der Waals surface area contributed by atoms with Gasteiger partial charge in [-0.25, -0.2) is 4.98 Å². The largest absolute Gasteiger partial charge is 0.353 e. The molecule has 5 rings (SSSR count). The lowest BCUT2D eigenvalue weighted by atomic mass is 10.2. The number of hydrogen-bond acceptors (Lipinski definition) is 8. The molecule has 0 saturated carbocycles. The molecule has 0 unspecified atom stereocenters. The van der Waals surface area contributed by atoms with Crippen LogP contribution >= 0.6 is 0 Å². The molecule has 5 heterocycles. The molecule has 0 atom stereocenters. The molecule has 9 heteroatoms. The maximum Gasteiger partial charge on any atom is 0.254 e. The average molecular weight is 387 g/mol. The second-order valence-corrected chi connectivity index (χ2v) is 7.11. The van der Waals surface area contributed by atoms with Crippen LogP contribution in [0.2, 0.25) is 0 Å². The molecule has 4 aromatic rings. The van der Waals surface area contributed by atoms with Crippen molar-refractivity contribution in [1.29, 1.82) is 0 Å². The Labute approximate surface area is 168 Å². The molecular formula is C20H21N9. The van der Waals surface area contributed by atoms with E-state index in [-0.39, 0.29) is 0 Å². The van der Waals surface area contributed by atoms with Crippen LogP contribution in [0.3, 0.4) is 0 Å². The van der Waals surface area contributed by atoms with Crippen LogP contribution < -0.4 is 9.80 Å². The van der Waals surface area contributed by atoms with Crippen LogP contribution in [-0.2, 0) is 0 Å². The van der Waals surface area contributed by atoms with Crippen molar-refractivity contribution in [3.8, 4) is 11.3 Å². The first-order chi connectivity index (χ1) is 14.2. The van der Waals surface area contributed by atoms with Crippen LogP contribution in [0.25, 0.3) is 17.0 Å². The highest BCUT2D eigenvalue weighted by atomic mass is 15.4. The summed E-state index contributed by atoms with van der Waals surface area (Å²) >= 11 is 0. The summed E-state index contributed by atoms with van der Waals surface area (Å²) in [6.45, 7) is 7.56. The van der Waals surface area contributed by atoms with Crippen molar-refractivity contribution in [2.75, 3.05) is 36.0 Å². The fourth-order valence-electron chi connectivity index (χ4n) is 3.70. The highest BCUT2D eigenvalue weighted by molar-refractivity contribution is 5.59. The molecule has 0 radical (unpaired) electrons. The molecule has 146 valence electrons. The molecule has 0 amide bonds. The van der Waals surface area contributed by atoms with Gasteiger partial charge in [-0.2, -0.15) is 14.6 Å². The zero-order chi connectivity index (χ0) is 19.8. The van der Waals surface area contributed by atoms with Crippen LogP contribution in [0.1, 0.15) is 11.3 Å². The fraction of sp³-hybridized carbons (Fsp3) is 0.300. The first kappa shape index (κ1) is 17.5. The molecule has 1 aliphatic heterocycles. The van der Waals surface area contributed by atoms with Gasteiger partial charge in [-0.3, -0.25) is 4.98 Å². The minimum atomic E-state index is 0.641. The lowest BCUT2D eigenvalue weighted by molar-refractivity contribution is 0.628. The molecule has 4 aromatic heterocycles. The summed E-state index contributed by atoms with van der Waals surface area (Å²) in [5.74, 6) is 2.61. The number of nitrogens with zero attached hydrogens (tertiary/aromatic N) is 9. The molecule has 0 bridgehead atoms. The zero-order valence-electron chi connectivity index (χ0n) is 16.4. The molecule has 1 saturated heterocycles. The number of fused-ring (bicyclic) bond motifs is 1. The Morgan fingerprint density at radius 2 is 1.76 bits per heavy atom.